The number of alkyl halides is 3. The molecule has 5 heteroatoms. The smallest absolute Gasteiger partial charge is 0.394 e. The summed E-state index contributed by atoms with van der Waals surface area (Å²) in [6.45, 7) is 0.605. The van der Waals surface area contributed by atoms with Crippen molar-refractivity contribution in [2.45, 2.75) is 37.4 Å². The summed E-state index contributed by atoms with van der Waals surface area (Å²) in [6.07, 6.45) is -1.50. The number of aliphatic hydroxyl groups excluding tert-OH is 1. The van der Waals surface area contributed by atoms with Gasteiger partial charge in [0.2, 0.25) is 0 Å². The fraction of sp³-hybridized carbons (Fsp3) is 0.571. The number of rotatable bonds is 3. The van der Waals surface area contributed by atoms with E-state index < -0.39 is 17.3 Å². The molecule has 0 aromatic heterocycles. The van der Waals surface area contributed by atoms with Gasteiger partial charge in [0, 0.05) is 5.54 Å². The van der Waals surface area contributed by atoms with Gasteiger partial charge in [0.25, 0.3) is 0 Å². The topological polar surface area (TPSA) is 32.3 Å². The normalized spacial score (nSPS) is 24.4. The molecule has 2 rings (SSSR count). The van der Waals surface area contributed by atoms with Crippen LogP contribution in [-0.2, 0) is 12.6 Å². The number of nitrogens with one attached hydrogen (secondary N) is 1. The Morgan fingerprint density at radius 3 is 2.53 bits per heavy atom. The van der Waals surface area contributed by atoms with Gasteiger partial charge in [0.15, 0.2) is 0 Å². The number of benzene rings is 1. The first-order valence-corrected chi connectivity index (χ1v) is 6.48. The molecule has 19 heavy (non-hydrogen) atoms. The Bertz CT molecular complexity index is 425. The van der Waals surface area contributed by atoms with E-state index in [0.717, 1.165) is 25.5 Å². The molecule has 2 N–H and O–H groups in total. The lowest BCUT2D eigenvalue weighted by atomic mass is 9.82. The SMILES string of the molecule is OCC1(Cc2ccccc2C(F)(F)F)CCCCN1. The molecule has 106 valence electrons. The number of halogens is 3. The Labute approximate surface area is 110 Å². The highest BCUT2D eigenvalue weighted by atomic mass is 19.4. The fourth-order valence-electron chi connectivity index (χ4n) is 2.69. The first kappa shape index (κ1) is 14.3. The highest BCUT2D eigenvalue weighted by Gasteiger charge is 2.37. The summed E-state index contributed by atoms with van der Waals surface area (Å²) in [5.41, 5.74) is -0.965. The molecule has 0 saturated carbocycles. The minimum absolute atomic E-state index is 0.140. The number of aliphatic hydroxyl groups is 1. The van der Waals surface area contributed by atoms with Crippen molar-refractivity contribution < 1.29 is 18.3 Å². The van der Waals surface area contributed by atoms with Crippen LogP contribution in [0.1, 0.15) is 30.4 Å². The Hall–Kier alpha value is -1.07. The largest absolute Gasteiger partial charge is 0.416 e. The molecule has 1 aliphatic heterocycles. The maximum absolute atomic E-state index is 12.9. The second-order valence-corrected chi connectivity index (χ2v) is 5.15. The summed E-state index contributed by atoms with van der Waals surface area (Å²) in [5.74, 6) is 0. The van der Waals surface area contributed by atoms with E-state index >= 15 is 0 Å². The molecule has 0 radical (unpaired) electrons. The molecule has 1 fully saturated rings. The average molecular weight is 273 g/mol. The first-order chi connectivity index (χ1) is 8.97. The van der Waals surface area contributed by atoms with Crippen molar-refractivity contribution in [3.63, 3.8) is 0 Å². The van der Waals surface area contributed by atoms with Crippen molar-refractivity contribution in [1.29, 1.82) is 0 Å². The van der Waals surface area contributed by atoms with Gasteiger partial charge in [-0.2, -0.15) is 13.2 Å². The van der Waals surface area contributed by atoms with Crippen molar-refractivity contribution in [2.24, 2.45) is 0 Å². The molecule has 0 bridgehead atoms. The van der Waals surface area contributed by atoms with Crippen LogP contribution in [0, 0.1) is 0 Å². The van der Waals surface area contributed by atoms with Gasteiger partial charge in [-0.15, -0.1) is 0 Å². The Balaban J connectivity index is 2.27. The quantitative estimate of drug-likeness (QED) is 0.887. The minimum Gasteiger partial charge on any atom is -0.394 e. The average Bonchev–Trinajstić information content (AvgIpc) is 2.39. The predicted molar refractivity (Wildman–Crippen MR) is 66.8 cm³/mol. The number of hydrogen-bond acceptors (Lipinski definition) is 2. The van der Waals surface area contributed by atoms with E-state index in [4.69, 9.17) is 0 Å². The second-order valence-electron chi connectivity index (χ2n) is 5.15. The maximum Gasteiger partial charge on any atom is 0.416 e. The monoisotopic (exact) mass is 273 g/mol. The van der Waals surface area contributed by atoms with Crippen LogP contribution in [0.15, 0.2) is 24.3 Å². The van der Waals surface area contributed by atoms with Crippen LogP contribution in [0.3, 0.4) is 0 Å². The van der Waals surface area contributed by atoms with Gasteiger partial charge in [0.05, 0.1) is 12.2 Å². The summed E-state index contributed by atoms with van der Waals surface area (Å²) < 4.78 is 38.8. The van der Waals surface area contributed by atoms with Crippen LogP contribution in [0.2, 0.25) is 0 Å². The number of piperidine rings is 1. The molecule has 1 saturated heterocycles. The molecule has 1 heterocycles. The minimum atomic E-state index is -4.35. The van der Waals surface area contributed by atoms with E-state index in [1.54, 1.807) is 6.07 Å². The van der Waals surface area contributed by atoms with Crippen LogP contribution in [0.4, 0.5) is 13.2 Å². The van der Waals surface area contributed by atoms with Gasteiger partial charge in [-0.05, 0) is 37.4 Å². The van der Waals surface area contributed by atoms with Crippen molar-refractivity contribution in [2.75, 3.05) is 13.2 Å². The second kappa shape index (κ2) is 5.51. The van der Waals surface area contributed by atoms with Gasteiger partial charge in [-0.25, -0.2) is 0 Å². The zero-order valence-electron chi connectivity index (χ0n) is 10.6. The zero-order valence-corrected chi connectivity index (χ0v) is 10.6. The predicted octanol–water partition coefficient (Wildman–Crippen LogP) is 2.75. The lowest BCUT2D eigenvalue weighted by Crippen LogP contribution is -2.53. The van der Waals surface area contributed by atoms with E-state index in [1.165, 1.54) is 12.1 Å². The molecule has 1 aromatic rings. The van der Waals surface area contributed by atoms with Gasteiger partial charge in [-0.1, -0.05) is 24.6 Å². The third-order valence-corrected chi connectivity index (χ3v) is 3.74. The standard InChI is InChI=1S/C14H18F3NO/c15-14(16,17)12-6-2-1-5-11(12)9-13(10-19)7-3-4-8-18-13/h1-2,5-6,18-19H,3-4,7-10H2. The van der Waals surface area contributed by atoms with Crippen LogP contribution < -0.4 is 5.32 Å². The molecule has 0 amide bonds. The highest BCUT2D eigenvalue weighted by Crippen LogP contribution is 2.34. The van der Waals surface area contributed by atoms with Gasteiger partial charge >= 0.3 is 6.18 Å². The van der Waals surface area contributed by atoms with E-state index in [9.17, 15) is 18.3 Å². The molecule has 2 nitrogen and oxygen atoms in total. The van der Waals surface area contributed by atoms with Gasteiger partial charge in [0.1, 0.15) is 0 Å². The summed E-state index contributed by atoms with van der Waals surface area (Å²) in [6, 6.07) is 5.60. The van der Waals surface area contributed by atoms with Crippen LogP contribution in [0.25, 0.3) is 0 Å². The Morgan fingerprint density at radius 2 is 1.95 bits per heavy atom. The molecule has 1 atom stereocenters. The van der Waals surface area contributed by atoms with Crippen molar-refractivity contribution >= 4 is 0 Å². The van der Waals surface area contributed by atoms with Crippen molar-refractivity contribution in [3.05, 3.63) is 35.4 Å². The first-order valence-electron chi connectivity index (χ1n) is 6.48. The van der Waals surface area contributed by atoms with Crippen molar-refractivity contribution in [1.82, 2.24) is 5.32 Å². The molecule has 1 aromatic carbocycles. The summed E-state index contributed by atoms with van der Waals surface area (Å²) >= 11 is 0. The van der Waals surface area contributed by atoms with Crippen LogP contribution >= 0.6 is 0 Å². The molecule has 1 unspecified atom stereocenters. The summed E-state index contributed by atoms with van der Waals surface area (Å²) in [7, 11) is 0. The van der Waals surface area contributed by atoms with E-state index in [2.05, 4.69) is 5.32 Å². The van der Waals surface area contributed by atoms with E-state index in [-0.39, 0.29) is 18.6 Å². The van der Waals surface area contributed by atoms with Gasteiger partial charge in [-0.3, -0.25) is 0 Å². The lowest BCUT2D eigenvalue weighted by molar-refractivity contribution is -0.138. The molecule has 1 aliphatic rings. The van der Waals surface area contributed by atoms with Crippen LogP contribution in [0.5, 0.6) is 0 Å². The van der Waals surface area contributed by atoms with E-state index in [0.29, 0.717) is 6.42 Å². The summed E-state index contributed by atoms with van der Waals surface area (Å²) in [5, 5.41) is 12.7. The maximum atomic E-state index is 12.9. The van der Waals surface area contributed by atoms with Gasteiger partial charge < -0.3 is 10.4 Å². The summed E-state index contributed by atoms with van der Waals surface area (Å²) in [4.78, 5) is 0. The molecule has 0 aliphatic carbocycles. The highest BCUT2D eigenvalue weighted by molar-refractivity contribution is 5.31. The zero-order chi connectivity index (χ0) is 13.9. The molecule has 0 spiro atoms. The van der Waals surface area contributed by atoms with E-state index in [1.807, 2.05) is 0 Å². The number of hydrogen-bond donors (Lipinski definition) is 2. The fourth-order valence-corrected chi connectivity index (χ4v) is 2.69. The molecular weight excluding hydrogens is 255 g/mol. The Morgan fingerprint density at radius 1 is 1.21 bits per heavy atom. The third-order valence-electron chi connectivity index (χ3n) is 3.74. The third kappa shape index (κ3) is 3.28. The van der Waals surface area contributed by atoms with Crippen molar-refractivity contribution in [3.8, 4) is 0 Å². The van der Waals surface area contributed by atoms with Crippen LogP contribution in [-0.4, -0.2) is 23.8 Å². The molecular formula is C14H18F3NO. The lowest BCUT2D eigenvalue weighted by Gasteiger charge is -2.37. The Kier molecular flexibility index (Phi) is 4.16.